The number of aliphatic carboxylic acids is 1. The molecule has 0 radical (unpaired) electrons. The fourth-order valence-corrected chi connectivity index (χ4v) is 5.37. The molecule has 37 heavy (non-hydrogen) atoms. The van der Waals surface area contributed by atoms with E-state index in [0.717, 1.165) is 63.2 Å². The van der Waals surface area contributed by atoms with Gasteiger partial charge in [-0.25, -0.2) is 8.42 Å². The van der Waals surface area contributed by atoms with E-state index in [-0.39, 0.29) is 11.1 Å². The van der Waals surface area contributed by atoms with E-state index in [2.05, 4.69) is 35.5 Å². The number of carboxylic acids is 1. The number of piperidine rings is 1. The van der Waals surface area contributed by atoms with E-state index in [1.165, 1.54) is 18.3 Å². The van der Waals surface area contributed by atoms with Gasteiger partial charge in [-0.15, -0.1) is 0 Å². The van der Waals surface area contributed by atoms with Gasteiger partial charge in [0.25, 0.3) is 5.91 Å². The number of rotatable bonds is 9. The first kappa shape index (κ1) is 26.4. The van der Waals surface area contributed by atoms with Crippen LogP contribution in [0.4, 0.5) is 5.69 Å². The van der Waals surface area contributed by atoms with E-state index in [1.54, 1.807) is 12.1 Å². The van der Waals surface area contributed by atoms with Crippen LogP contribution in [0.3, 0.4) is 0 Å². The molecule has 4 rings (SSSR count). The number of carbonyl (C=O) groups excluding carboxylic acids is 1. The first-order valence-corrected chi connectivity index (χ1v) is 13.7. The fourth-order valence-electron chi connectivity index (χ4n) is 4.22. The van der Waals surface area contributed by atoms with Crippen molar-refractivity contribution < 1.29 is 23.1 Å². The molecule has 12 nitrogen and oxygen atoms in total. The second-order valence-corrected chi connectivity index (χ2v) is 10.5. The van der Waals surface area contributed by atoms with Gasteiger partial charge in [0.1, 0.15) is 17.1 Å². The van der Waals surface area contributed by atoms with Crippen molar-refractivity contribution in [3.63, 3.8) is 0 Å². The number of benzene rings is 1. The van der Waals surface area contributed by atoms with E-state index in [0.29, 0.717) is 5.56 Å². The predicted octanol–water partition coefficient (Wildman–Crippen LogP) is 0.498. The zero-order valence-corrected chi connectivity index (χ0v) is 21.1. The average Bonchev–Trinajstić information content (AvgIpc) is 2.92. The summed E-state index contributed by atoms with van der Waals surface area (Å²) >= 11 is 0. The van der Waals surface area contributed by atoms with Crippen LogP contribution in [-0.4, -0.2) is 74.7 Å². The molecule has 2 aliphatic rings. The van der Waals surface area contributed by atoms with Gasteiger partial charge in [0, 0.05) is 49.8 Å². The van der Waals surface area contributed by atoms with Crippen molar-refractivity contribution in [1.29, 1.82) is 0 Å². The Balaban J connectivity index is 1.37. The highest BCUT2D eigenvalue weighted by Crippen LogP contribution is 2.24. The van der Waals surface area contributed by atoms with Gasteiger partial charge in [-0.2, -0.15) is 4.72 Å². The lowest BCUT2D eigenvalue weighted by Gasteiger charge is -2.39. The summed E-state index contributed by atoms with van der Waals surface area (Å²) in [6.45, 7) is 2.14. The Morgan fingerprint density at radius 1 is 1.16 bits per heavy atom. The minimum atomic E-state index is -4.12. The van der Waals surface area contributed by atoms with E-state index in [9.17, 15) is 23.1 Å². The minimum absolute atomic E-state index is 0.0851. The molecule has 0 bridgehead atoms. The molecule has 2 aliphatic heterocycles. The Kier molecular flexibility index (Phi) is 8.56. The Bertz CT molecular complexity index is 1220. The van der Waals surface area contributed by atoms with Crippen LogP contribution in [-0.2, 0) is 14.8 Å². The number of sulfonamides is 1. The molecule has 1 aromatic carbocycles. The van der Waals surface area contributed by atoms with Crippen molar-refractivity contribution in [3.05, 3.63) is 54.4 Å². The number of aliphatic imine (C=N–C) groups is 1. The van der Waals surface area contributed by atoms with Gasteiger partial charge in [-0.3, -0.25) is 19.6 Å². The van der Waals surface area contributed by atoms with Crippen molar-refractivity contribution in [3.8, 4) is 0 Å². The molecule has 0 saturated carbocycles. The molecule has 0 spiro atoms. The third-order valence-corrected chi connectivity index (χ3v) is 7.63. The normalized spacial score (nSPS) is 18.8. The number of nitrogens with zero attached hydrogens (tertiary/aromatic N) is 3. The first-order chi connectivity index (χ1) is 17.8. The Labute approximate surface area is 215 Å². The minimum Gasteiger partial charge on any atom is -0.480 e. The molecule has 0 aliphatic carbocycles. The van der Waals surface area contributed by atoms with Gasteiger partial charge >= 0.3 is 5.97 Å². The smallest absolute Gasteiger partial charge is 0.323 e. The third-order valence-electron chi connectivity index (χ3n) is 6.17. The predicted molar refractivity (Wildman–Crippen MR) is 138 cm³/mol. The number of amides is 1. The van der Waals surface area contributed by atoms with Gasteiger partial charge in [-0.05, 0) is 62.1 Å². The van der Waals surface area contributed by atoms with Gasteiger partial charge < -0.3 is 26.0 Å². The maximum atomic E-state index is 12.7. The maximum Gasteiger partial charge on any atom is 0.323 e. The molecule has 3 heterocycles. The van der Waals surface area contributed by atoms with E-state index < -0.39 is 34.5 Å². The quantitative estimate of drug-likeness (QED) is 0.311. The second kappa shape index (κ2) is 12.0. The summed E-state index contributed by atoms with van der Waals surface area (Å²) in [5.74, 6) is -1.11. The molecule has 1 saturated heterocycles. The molecule has 2 aromatic rings. The number of pyridine rings is 1. The molecule has 198 valence electrons. The number of nitrogens with one attached hydrogen (secondary N) is 4. The SMILES string of the molecule is O=C(NC[C@H](NS(=O)(=O)c1cccnc1)C(=O)O)c1ccc(N2CCCCC2NC2=NCCCN2)cc1. The highest BCUT2D eigenvalue weighted by atomic mass is 32.2. The van der Waals surface area contributed by atoms with Crippen LogP contribution in [0.25, 0.3) is 0 Å². The number of anilines is 1. The van der Waals surface area contributed by atoms with Crippen LogP contribution in [0, 0.1) is 0 Å². The molecule has 1 aromatic heterocycles. The van der Waals surface area contributed by atoms with Crippen LogP contribution < -0.4 is 25.6 Å². The van der Waals surface area contributed by atoms with Crippen molar-refractivity contribution >= 4 is 33.5 Å². The maximum absolute atomic E-state index is 12.7. The molecule has 2 atom stereocenters. The summed E-state index contributed by atoms with van der Waals surface area (Å²) in [6, 6.07) is 8.22. The number of carboxylic acid groups (broad SMARTS) is 1. The van der Waals surface area contributed by atoms with Crippen molar-refractivity contribution in [2.75, 3.05) is 31.1 Å². The van der Waals surface area contributed by atoms with E-state index >= 15 is 0 Å². The van der Waals surface area contributed by atoms with Crippen molar-refractivity contribution in [2.45, 2.75) is 42.8 Å². The first-order valence-electron chi connectivity index (χ1n) is 12.2. The average molecular weight is 530 g/mol. The van der Waals surface area contributed by atoms with Gasteiger partial charge in [-0.1, -0.05) is 0 Å². The van der Waals surface area contributed by atoms with Crippen LogP contribution in [0.5, 0.6) is 0 Å². The number of hydrogen-bond acceptors (Lipinski definition) is 9. The molecule has 1 unspecified atom stereocenters. The van der Waals surface area contributed by atoms with Crippen LogP contribution >= 0.6 is 0 Å². The molecular formula is C24H31N7O5S. The molecule has 1 amide bonds. The van der Waals surface area contributed by atoms with E-state index in [1.807, 2.05) is 12.1 Å². The Morgan fingerprint density at radius 3 is 2.65 bits per heavy atom. The fraction of sp³-hybridized carbons (Fsp3) is 0.417. The number of guanidine groups is 1. The van der Waals surface area contributed by atoms with Gasteiger partial charge in [0.05, 0.1) is 0 Å². The zero-order valence-electron chi connectivity index (χ0n) is 20.3. The molecule has 1 fully saturated rings. The second-order valence-electron chi connectivity index (χ2n) is 8.82. The summed E-state index contributed by atoms with van der Waals surface area (Å²) < 4.78 is 27.0. The lowest BCUT2D eigenvalue weighted by Crippen LogP contribution is -2.55. The topological polar surface area (TPSA) is 165 Å². The highest BCUT2D eigenvalue weighted by Gasteiger charge is 2.27. The third kappa shape index (κ3) is 6.95. The van der Waals surface area contributed by atoms with Crippen molar-refractivity contribution in [1.82, 2.24) is 25.7 Å². The van der Waals surface area contributed by atoms with Gasteiger partial charge in [0.15, 0.2) is 5.96 Å². The standard InChI is InChI=1S/C24H31N7O5S/c32-22(28-16-20(23(33)34)30-37(35,36)19-5-3-11-25-15-19)17-7-9-18(10-8-17)31-14-2-1-6-21(31)29-24-26-12-4-13-27-24/h3,5,7-11,15,20-21,30H,1-2,4,6,12-14,16H2,(H,28,32)(H,33,34)(H2,26,27,29)/t20-,21?/m0/s1. The number of hydrogen-bond donors (Lipinski definition) is 5. The number of carbonyl (C=O) groups is 2. The van der Waals surface area contributed by atoms with E-state index in [4.69, 9.17) is 0 Å². The Hall–Kier alpha value is -3.71. The summed E-state index contributed by atoms with van der Waals surface area (Å²) in [6.07, 6.45) is 6.76. The zero-order chi connectivity index (χ0) is 26.3. The largest absolute Gasteiger partial charge is 0.480 e. The molecular weight excluding hydrogens is 498 g/mol. The van der Waals surface area contributed by atoms with Gasteiger partial charge in [0.2, 0.25) is 10.0 Å². The molecule has 5 N–H and O–H groups in total. The molecule has 13 heteroatoms. The number of aromatic nitrogens is 1. The lowest BCUT2D eigenvalue weighted by molar-refractivity contribution is -0.138. The summed E-state index contributed by atoms with van der Waals surface area (Å²) in [5.41, 5.74) is 1.29. The van der Waals surface area contributed by atoms with Crippen LogP contribution in [0.15, 0.2) is 58.7 Å². The summed E-state index contributed by atoms with van der Waals surface area (Å²) in [4.78, 5) is 34.6. The lowest BCUT2D eigenvalue weighted by atomic mass is 10.1. The summed E-state index contributed by atoms with van der Waals surface area (Å²) in [5, 5.41) is 18.8. The van der Waals surface area contributed by atoms with Crippen LogP contribution in [0.2, 0.25) is 0 Å². The summed E-state index contributed by atoms with van der Waals surface area (Å²) in [7, 11) is -4.12. The Morgan fingerprint density at radius 2 is 1.97 bits per heavy atom. The monoisotopic (exact) mass is 529 g/mol. The van der Waals surface area contributed by atoms with Crippen molar-refractivity contribution in [2.24, 2.45) is 4.99 Å². The van der Waals surface area contributed by atoms with Crippen LogP contribution in [0.1, 0.15) is 36.0 Å². The highest BCUT2D eigenvalue weighted by molar-refractivity contribution is 7.89.